The average molecular weight is 348 g/mol. The summed E-state index contributed by atoms with van der Waals surface area (Å²) in [6, 6.07) is 2.52. The van der Waals surface area contributed by atoms with Crippen LogP contribution in [0.4, 0.5) is 0 Å². The quantitative estimate of drug-likeness (QED) is 0.853. The second-order valence-electron chi connectivity index (χ2n) is 6.00. The monoisotopic (exact) mass is 347 g/mol. The zero-order chi connectivity index (χ0) is 14.2. The molecule has 0 N–H and O–H groups in total. The van der Waals surface area contributed by atoms with Gasteiger partial charge in [-0.3, -0.25) is 9.58 Å². The van der Waals surface area contributed by atoms with E-state index in [0.717, 1.165) is 42.0 Å². The Balaban J connectivity index is 1.40. The molecule has 2 aliphatic rings. The largest absolute Gasteiger partial charge is 0.295 e. The maximum absolute atomic E-state index is 4.72. The molecule has 0 radical (unpaired) electrons. The lowest BCUT2D eigenvalue weighted by atomic mass is 10.3. The van der Waals surface area contributed by atoms with Gasteiger partial charge in [0.05, 0.1) is 22.4 Å². The molecule has 4 rings (SSSR count). The number of hydrogen-bond acceptors (Lipinski definition) is 4. The Bertz CT molecular complexity index is 636. The van der Waals surface area contributed by atoms with Gasteiger partial charge >= 0.3 is 0 Å². The molecule has 1 aliphatic carbocycles. The van der Waals surface area contributed by atoms with E-state index in [1.165, 1.54) is 12.8 Å². The van der Waals surface area contributed by atoms with E-state index < -0.39 is 0 Å². The third kappa shape index (κ3) is 3.01. The van der Waals surface area contributed by atoms with Crippen LogP contribution in [0.3, 0.4) is 0 Å². The van der Waals surface area contributed by atoms with Gasteiger partial charge in [0.1, 0.15) is 5.82 Å². The van der Waals surface area contributed by atoms with Crippen LogP contribution in [0.1, 0.15) is 42.7 Å². The summed E-state index contributed by atoms with van der Waals surface area (Å²) in [5.74, 6) is 1.66. The van der Waals surface area contributed by atoms with Crippen molar-refractivity contribution in [3.05, 3.63) is 40.6 Å². The van der Waals surface area contributed by atoms with E-state index >= 15 is 0 Å². The van der Waals surface area contributed by atoms with Crippen LogP contribution in [0.15, 0.2) is 29.1 Å². The van der Waals surface area contributed by atoms with Crippen molar-refractivity contribution in [1.29, 1.82) is 0 Å². The van der Waals surface area contributed by atoms with E-state index in [-0.39, 0.29) is 0 Å². The predicted octanol–water partition coefficient (Wildman–Crippen LogP) is 2.76. The molecule has 1 saturated carbocycles. The van der Waals surface area contributed by atoms with E-state index in [1.807, 2.05) is 18.5 Å². The van der Waals surface area contributed by atoms with Gasteiger partial charge in [-0.25, -0.2) is 9.97 Å². The Morgan fingerprint density at radius 1 is 1.29 bits per heavy atom. The zero-order valence-corrected chi connectivity index (χ0v) is 13.4. The SMILES string of the molecule is Brc1cnn(C2CCN(Cc3ccnc(C4CC4)n3)C2)c1. The maximum Gasteiger partial charge on any atom is 0.131 e. The molecular weight excluding hydrogens is 330 g/mol. The van der Waals surface area contributed by atoms with Crippen LogP contribution in [-0.2, 0) is 6.54 Å². The highest BCUT2D eigenvalue weighted by Crippen LogP contribution is 2.37. The molecule has 2 fully saturated rings. The van der Waals surface area contributed by atoms with Gasteiger partial charge in [0, 0.05) is 37.9 Å². The molecule has 0 amide bonds. The first-order valence-corrected chi connectivity index (χ1v) is 8.31. The summed E-state index contributed by atoms with van der Waals surface area (Å²) in [5.41, 5.74) is 1.15. The van der Waals surface area contributed by atoms with Crippen LogP contribution in [-0.4, -0.2) is 37.7 Å². The van der Waals surface area contributed by atoms with Crippen LogP contribution in [0.2, 0.25) is 0 Å². The van der Waals surface area contributed by atoms with Gasteiger partial charge in [-0.2, -0.15) is 5.10 Å². The van der Waals surface area contributed by atoms with Crippen LogP contribution in [0.25, 0.3) is 0 Å². The maximum atomic E-state index is 4.72. The van der Waals surface area contributed by atoms with E-state index in [2.05, 4.69) is 41.8 Å². The molecular formula is C15H18BrN5. The highest BCUT2D eigenvalue weighted by molar-refractivity contribution is 9.10. The summed E-state index contributed by atoms with van der Waals surface area (Å²) in [6.07, 6.45) is 9.48. The van der Waals surface area contributed by atoms with Gasteiger partial charge in [0.2, 0.25) is 0 Å². The molecule has 0 aromatic carbocycles. The van der Waals surface area contributed by atoms with E-state index in [0.29, 0.717) is 12.0 Å². The second-order valence-corrected chi connectivity index (χ2v) is 6.91. The number of aromatic nitrogens is 4. The highest BCUT2D eigenvalue weighted by atomic mass is 79.9. The molecule has 1 unspecified atom stereocenters. The van der Waals surface area contributed by atoms with Crippen molar-refractivity contribution < 1.29 is 0 Å². The number of rotatable bonds is 4. The third-order valence-electron chi connectivity index (χ3n) is 4.25. The second kappa shape index (κ2) is 5.50. The molecule has 2 aromatic rings. The summed E-state index contributed by atoms with van der Waals surface area (Å²) in [7, 11) is 0. The number of nitrogens with zero attached hydrogens (tertiary/aromatic N) is 5. The lowest BCUT2D eigenvalue weighted by Crippen LogP contribution is -2.22. The fourth-order valence-corrected chi connectivity index (χ4v) is 3.26. The molecule has 0 bridgehead atoms. The fraction of sp³-hybridized carbons (Fsp3) is 0.533. The van der Waals surface area contributed by atoms with Gasteiger partial charge in [-0.1, -0.05) is 0 Å². The number of halogens is 1. The smallest absolute Gasteiger partial charge is 0.131 e. The van der Waals surface area contributed by atoms with Crippen LogP contribution < -0.4 is 0 Å². The highest BCUT2D eigenvalue weighted by Gasteiger charge is 2.28. The van der Waals surface area contributed by atoms with Gasteiger partial charge < -0.3 is 0 Å². The minimum absolute atomic E-state index is 0.473. The molecule has 6 heteroatoms. The van der Waals surface area contributed by atoms with Crippen LogP contribution >= 0.6 is 15.9 Å². The average Bonchev–Trinajstić information content (AvgIpc) is 3.10. The van der Waals surface area contributed by atoms with Crippen molar-refractivity contribution >= 4 is 15.9 Å². The Morgan fingerprint density at radius 2 is 2.19 bits per heavy atom. The van der Waals surface area contributed by atoms with Crippen molar-refractivity contribution in [2.45, 2.75) is 37.8 Å². The fourth-order valence-electron chi connectivity index (χ4n) is 2.95. The standard InChI is InChI=1S/C15H18BrN5/c16-12-7-18-21(8-12)14-4-6-20(10-14)9-13-3-5-17-15(19-13)11-1-2-11/h3,5,7-8,11,14H,1-2,4,6,9-10H2. The van der Waals surface area contributed by atoms with Gasteiger partial charge in [0.25, 0.3) is 0 Å². The first-order valence-electron chi connectivity index (χ1n) is 7.52. The number of hydrogen-bond donors (Lipinski definition) is 0. The molecule has 0 spiro atoms. The summed E-state index contributed by atoms with van der Waals surface area (Å²) in [6.45, 7) is 3.06. The Morgan fingerprint density at radius 3 is 2.95 bits per heavy atom. The molecule has 1 saturated heterocycles. The lowest BCUT2D eigenvalue weighted by Gasteiger charge is -2.16. The van der Waals surface area contributed by atoms with E-state index in [4.69, 9.17) is 4.98 Å². The normalized spacial score (nSPS) is 22.8. The summed E-state index contributed by atoms with van der Waals surface area (Å²) < 4.78 is 3.12. The minimum atomic E-state index is 0.473. The van der Waals surface area contributed by atoms with Crippen LogP contribution in [0, 0.1) is 0 Å². The van der Waals surface area contributed by atoms with Crippen molar-refractivity contribution in [3.8, 4) is 0 Å². The van der Waals surface area contributed by atoms with Crippen molar-refractivity contribution in [1.82, 2.24) is 24.6 Å². The molecule has 5 nitrogen and oxygen atoms in total. The van der Waals surface area contributed by atoms with Gasteiger partial charge in [-0.05, 0) is 41.3 Å². The lowest BCUT2D eigenvalue weighted by molar-refractivity contribution is 0.307. The van der Waals surface area contributed by atoms with Crippen LogP contribution in [0.5, 0.6) is 0 Å². The zero-order valence-electron chi connectivity index (χ0n) is 11.8. The summed E-state index contributed by atoms with van der Waals surface area (Å²) in [5, 5.41) is 4.40. The van der Waals surface area contributed by atoms with E-state index in [1.54, 1.807) is 0 Å². The number of likely N-dealkylation sites (tertiary alicyclic amines) is 1. The molecule has 21 heavy (non-hydrogen) atoms. The van der Waals surface area contributed by atoms with E-state index in [9.17, 15) is 0 Å². The topological polar surface area (TPSA) is 46.8 Å². The van der Waals surface area contributed by atoms with Crippen molar-refractivity contribution in [2.24, 2.45) is 0 Å². The third-order valence-corrected chi connectivity index (χ3v) is 4.66. The molecule has 3 heterocycles. The molecule has 1 aliphatic heterocycles. The predicted molar refractivity (Wildman–Crippen MR) is 82.9 cm³/mol. The molecule has 1 atom stereocenters. The first kappa shape index (κ1) is 13.4. The molecule has 110 valence electrons. The van der Waals surface area contributed by atoms with Gasteiger partial charge in [-0.15, -0.1) is 0 Å². The Labute approximate surface area is 132 Å². The first-order chi connectivity index (χ1) is 10.3. The molecule has 2 aromatic heterocycles. The van der Waals surface area contributed by atoms with Crippen molar-refractivity contribution in [3.63, 3.8) is 0 Å². The van der Waals surface area contributed by atoms with Crippen molar-refractivity contribution in [2.75, 3.05) is 13.1 Å². The minimum Gasteiger partial charge on any atom is -0.295 e. The Hall–Kier alpha value is -1.27. The summed E-state index contributed by atoms with van der Waals surface area (Å²) in [4.78, 5) is 11.6. The van der Waals surface area contributed by atoms with Gasteiger partial charge in [0.15, 0.2) is 0 Å². The summed E-state index contributed by atoms with van der Waals surface area (Å²) >= 11 is 3.46. The Kier molecular flexibility index (Phi) is 3.51.